The van der Waals surface area contributed by atoms with Gasteiger partial charge in [-0.2, -0.15) is 0 Å². The van der Waals surface area contributed by atoms with Crippen LogP contribution < -0.4 is 0 Å². The lowest BCUT2D eigenvalue weighted by atomic mass is 9.91. The molecule has 10 rings (SSSR count). The Hall–Kier alpha value is -9.23. The minimum absolute atomic E-state index is 0.530. The fourth-order valence-corrected chi connectivity index (χ4v) is 8.32. The lowest BCUT2D eigenvalue weighted by molar-refractivity contribution is 1.07. The summed E-state index contributed by atoms with van der Waals surface area (Å²) in [6.45, 7) is 19.6. The molecule has 0 radical (unpaired) electrons. The van der Waals surface area contributed by atoms with Crippen molar-refractivity contribution in [2.45, 2.75) is 0 Å². The lowest BCUT2D eigenvalue weighted by Crippen LogP contribution is -2.04. The van der Waals surface area contributed by atoms with Crippen LogP contribution in [0.25, 0.3) is 111 Å². The normalized spacial score (nSPS) is 11.3. The van der Waals surface area contributed by atoms with Crippen LogP contribution in [0.1, 0.15) is 5.56 Å². The van der Waals surface area contributed by atoms with Gasteiger partial charge in [0, 0.05) is 27.8 Å². The van der Waals surface area contributed by atoms with Crippen LogP contribution in [0.4, 0.5) is 11.4 Å². The molecule has 0 spiro atoms. The molecule has 6 nitrogen and oxygen atoms in total. The predicted octanol–water partition coefficient (Wildman–Crippen LogP) is 15.8. The lowest BCUT2D eigenvalue weighted by Gasteiger charge is -2.21. The number of fused-ring (bicyclic) bond motifs is 3. The second-order valence-electron chi connectivity index (χ2n) is 15.5. The molecule has 0 fully saturated rings. The minimum atomic E-state index is 0.530. The Labute approximate surface area is 377 Å². The van der Waals surface area contributed by atoms with Gasteiger partial charge >= 0.3 is 0 Å². The molecule has 0 bridgehead atoms. The molecule has 8 aromatic carbocycles. The Balaban J connectivity index is 1.31. The van der Waals surface area contributed by atoms with Gasteiger partial charge < -0.3 is 4.57 Å². The van der Waals surface area contributed by atoms with Crippen molar-refractivity contribution in [2.75, 3.05) is 0 Å². The fraction of sp³-hybridized carbons (Fsp3) is 0. The standard InChI is InChI=1S/C59H38N6/c1-4-5-6-10-17-40-24-26-43(27-25-40)50-36-47(59-63-57(45-20-13-8-14-21-45)62-58(64-59)46-22-15-9-16-23-46)37-51(44-30-28-42(29-31-44)41-18-11-7-12-19-41)56(50)65-54-34-32-48(60-2)38-52(54)53-39-49(61-3)33-35-55(53)65/h4-39H,1H2/b6-5-,17-10+. The molecule has 0 amide bonds. The zero-order chi connectivity index (χ0) is 44.1. The van der Waals surface area contributed by atoms with E-state index < -0.39 is 0 Å². The molecule has 0 aliphatic heterocycles. The molecule has 0 aliphatic rings. The van der Waals surface area contributed by atoms with Gasteiger partial charge in [0.25, 0.3) is 0 Å². The highest BCUT2D eigenvalue weighted by atomic mass is 15.0. The van der Waals surface area contributed by atoms with Crippen molar-refractivity contribution in [3.63, 3.8) is 0 Å². The van der Waals surface area contributed by atoms with E-state index in [0.717, 1.165) is 83.1 Å². The maximum atomic E-state index is 7.91. The second kappa shape index (κ2) is 17.6. The second-order valence-corrected chi connectivity index (χ2v) is 15.5. The third-order valence-corrected chi connectivity index (χ3v) is 11.5. The summed E-state index contributed by atoms with van der Waals surface area (Å²) < 4.78 is 2.29. The summed E-state index contributed by atoms with van der Waals surface area (Å²) in [5, 5.41) is 1.79. The van der Waals surface area contributed by atoms with E-state index in [4.69, 9.17) is 28.1 Å². The molecular formula is C59H38N6. The molecule has 6 heteroatoms. The van der Waals surface area contributed by atoms with Crippen LogP contribution in [-0.4, -0.2) is 19.5 Å². The maximum absolute atomic E-state index is 7.91. The first kappa shape index (κ1) is 39.9. The summed E-state index contributed by atoms with van der Waals surface area (Å²) in [6.07, 6.45) is 9.69. The molecule has 10 aromatic rings. The van der Waals surface area contributed by atoms with Crippen molar-refractivity contribution in [3.8, 4) is 73.2 Å². The summed E-state index contributed by atoms with van der Waals surface area (Å²) >= 11 is 0. The van der Waals surface area contributed by atoms with E-state index in [2.05, 4.69) is 112 Å². The van der Waals surface area contributed by atoms with E-state index in [9.17, 15) is 0 Å². The zero-order valence-electron chi connectivity index (χ0n) is 35.2. The molecule has 2 heterocycles. The molecule has 2 aromatic heterocycles. The van der Waals surface area contributed by atoms with Crippen LogP contribution in [0.3, 0.4) is 0 Å². The molecule has 0 saturated carbocycles. The molecule has 0 aliphatic carbocycles. The Morgan fingerprint density at radius 2 is 0.846 bits per heavy atom. The van der Waals surface area contributed by atoms with Crippen LogP contribution in [-0.2, 0) is 0 Å². The Morgan fingerprint density at radius 1 is 0.415 bits per heavy atom. The number of hydrogen-bond acceptors (Lipinski definition) is 3. The largest absolute Gasteiger partial charge is 0.308 e. The van der Waals surface area contributed by atoms with Gasteiger partial charge in [-0.05, 0) is 75.0 Å². The number of allylic oxidation sites excluding steroid dienone is 4. The Kier molecular flexibility index (Phi) is 10.8. The van der Waals surface area contributed by atoms with Gasteiger partial charge in [-0.1, -0.05) is 189 Å². The van der Waals surface area contributed by atoms with Gasteiger partial charge in [0.05, 0.1) is 29.9 Å². The van der Waals surface area contributed by atoms with E-state index in [-0.39, 0.29) is 0 Å². The van der Waals surface area contributed by atoms with E-state index >= 15 is 0 Å². The Morgan fingerprint density at radius 3 is 1.32 bits per heavy atom. The van der Waals surface area contributed by atoms with Crippen molar-refractivity contribution in [3.05, 3.63) is 247 Å². The SMILES string of the molecule is [C-]#[N+]c1ccc2c(c1)c1cc([N+]#[C-])ccc1n2-c1c(-c2ccc(/C=C/C=C\C=C)cc2)cc(-c2nc(-c3ccccc3)nc(-c3ccccc3)n2)cc1-c1ccc(-c2ccccc2)cc1. The number of nitrogens with zero attached hydrogens (tertiary/aromatic N) is 6. The van der Waals surface area contributed by atoms with Crippen LogP contribution in [0.5, 0.6) is 0 Å². The summed E-state index contributed by atoms with van der Waals surface area (Å²) in [4.78, 5) is 23.0. The smallest absolute Gasteiger partial charge is 0.188 e. The highest BCUT2D eigenvalue weighted by molar-refractivity contribution is 6.12. The minimum Gasteiger partial charge on any atom is -0.308 e. The van der Waals surface area contributed by atoms with E-state index in [1.54, 1.807) is 6.08 Å². The summed E-state index contributed by atoms with van der Waals surface area (Å²) in [7, 11) is 0. The van der Waals surface area contributed by atoms with Crippen molar-refractivity contribution in [1.29, 1.82) is 0 Å². The third kappa shape index (κ3) is 7.92. The quantitative estimate of drug-likeness (QED) is 0.102. The van der Waals surface area contributed by atoms with Crippen molar-refractivity contribution in [2.24, 2.45) is 0 Å². The van der Waals surface area contributed by atoms with Gasteiger partial charge in [0.15, 0.2) is 28.8 Å². The van der Waals surface area contributed by atoms with Gasteiger partial charge in [-0.3, -0.25) is 0 Å². The summed E-state index contributed by atoms with van der Waals surface area (Å²) in [6, 6.07) is 63.7. The average Bonchev–Trinajstić information content (AvgIpc) is 3.70. The molecule has 0 N–H and O–H groups in total. The molecule has 65 heavy (non-hydrogen) atoms. The van der Waals surface area contributed by atoms with Gasteiger partial charge in [-0.25, -0.2) is 24.6 Å². The molecule has 304 valence electrons. The number of aromatic nitrogens is 4. The van der Waals surface area contributed by atoms with Crippen molar-refractivity contribution >= 4 is 39.3 Å². The Bertz CT molecular complexity index is 3410. The van der Waals surface area contributed by atoms with Gasteiger partial charge in [-0.15, -0.1) is 0 Å². The average molecular weight is 831 g/mol. The van der Waals surface area contributed by atoms with Gasteiger partial charge in [0.1, 0.15) is 0 Å². The molecule has 0 unspecified atom stereocenters. The third-order valence-electron chi connectivity index (χ3n) is 11.5. The summed E-state index contributed by atoms with van der Waals surface area (Å²) in [5.41, 5.74) is 13.5. The van der Waals surface area contributed by atoms with Crippen LogP contribution in [0.2, 0.25) is 0 Å². The van der Waals surface area contributed by atoms with Crippen LogP contribution >= 0.6 is 0 Å². The first-order chi connectivity index (χ1) is 32.1. The summed E-state index contributed by atoms with van der Waals surface area (Å²) in [5.74, 6) is 1.68. The van der Waals surface area contributed by atoms with E-state index in [1.165, 1.54) is 0 Å². The van der Waals surface area contributed by atoms with Gasteiger partial charge in [0.2, 0.25) is 0 Å². The number of rotatable bonds is 10. The van der Waals surface area contributed by atoms with Crippen molar-refractivity contribution in [1.82, 2.24) is 19.5 Å². The first-order valence-electron chi connectivity index (χ1n) is 21.2. The van der Waals surface area contributed by atoms with Crippen LogP contribution in [0.15, 0.2) is 219 Å². The van der Waals surface area contributed by atoms with E-state index in [1.807, 2.05) is 121 Å². The molecular weight excluding hydrogens is 793 g/mol. The zero-order valence-corrected chi connectivity index (χ0v) is 35.2. The molecule has 0 atom stereocenters. The number of hydrogen-bond donors (Lipinski definition) is 0. The highest BCUT2D eigenvalue weighted by Gasteiger charge is 2.24. The maximum Gasteiger partial charge on any atom is 0.188 e. The molecule has 0 saturated heterocycles. The van der Waals surface area contributed by atoms with E-state index in [0.29, 0.717) is 28.8 Å². The monoisotopic (exact) mass is 830 g/mol. The highest BCUT2D eigenvalue weighted by Crippen LogP contribution is 2.45. The predicted molar refractivity (Wildman–Crippen MR) is 268 cm³/mol. The first-order valence-corrected chi connectivity index (χ1v) is 21.2. The topological polar surface area (TPSA) is 52.3 Å². The van der Waals surface area contributed by atoms with Crippen molar-refractivity contribution < 1.29 is 0 Å². The van der Waals surface area contributed by atoms with Crippen LogP contribution in [0, 0.1) is 13.1 Å². The fourth-order valence-electron chi connectivity index (χ4n) is 8.32. The number of benzene rings is 8.